The molecule has 1 atom stereocenters. The van der Waals surface area contributed by atoms with Gasteiger partial charge in [0.1, 0.15) is 5.84 Å². The van der Waals surface area contributed by atoms with Gasteiger partial charge in [-0.3, -0.25) is 0 Å². The molecule has 7 heteroatoms. The van der Waals surface area contributed by atoms with Gasteiger partial charge < -0.3 is 21.6 Å². The molecular weight excluding hydrogens is 256 g/mol. The predicted octanol–water partition coefficient (Wildman–Crippen LogP) is 1.99. The number of carbonyl (C=O) groups is 1. The quantitative estimate of drug-likeness (QED) is 0.291. The number of hydrogen-bond acceptors (Lipinski definition) is 3. The van der Waals surface area contributed by atoms with E-state index >= 15 is 0 Å². The number of carbonyl (C=O) groups excluding carboxylic acids is 1. The lowest BCUT2D eigenvalue weighted by atomic mass is 10.2. The van der Waals surface area contributed by atoms with E-state index in [4.69, 9.17) is 22.5 Å². The molecule has 0 bridgehead atoms. The average Bonchev–Trinajstić information content (AvgIpc) is 2.31. The molecule has 1 aromatic rings. The SMILES string of the molecule is CC(CC(N)=NO)NC(=O)Nc1ccccc1Cl. The Morgan fingerprint density at radius 3 is 2.83 bits per heavy atom. The molecule has 0 saturated carbocycles. The van der Waals surface area contributed by atoms with Crippen LogP contribution in [0.3, 0.4) is 0 Å². The van der Waals surface area contributed by atoms with E-state index in [1.54, 1.807) is 31.2 Å². The second-order valence-corrected chi connectivity index (χ2v) is 4.18. The fourth-order valence-corrected chi connectivity index (χ4v) is 1.53. The van der Waals surface area contributed by atoms with Crippen LogP contribution < -0.4 is 16.4 Å². The molecule has 0 aliphatic carbocycles. The number of amidine groups is 1. The summed E-state index contributed by atoms with van der Waals surface area (Å²) < 4.78 is 0. The molecule has 0 radical (unpaired) electrons. The van der Waals surface area contributed by atoms with Crippen LogP contribution in [0.1, 0.15) is 13.3 Å². The van der Waals surface area contributed by atoms with Crippen LogP contribution in [0.4, 0.5) is 10.5 Å². The average molecular weight is 271 g/mol. The van der Waals surface area contributed by atoms with Gasteiger partial charge in [-0.2, -0.15) is 0 Å². The van der Waals surface area contributed by atoms with E-state index in [-0.39, 0.29) is 18.3 Å². The van der Waals surface area contributed by atoms with Crippen LogP contribution in [0.25, 0.3) is 0 Å². The highest BCUT2D eigenvalue weighted by Gasteiger charge is 2.10. The maximum absolute atomic E-state index is 11.6. The minimum atomic E-state index is -0.402. The third-order valence-electron chi connectivity index (χ3n) is 2.14. The van der Waals surface area contributed by atoms with Gasteiger partial charge in [-0.1, -0.05) is 28.9 Å². The molecule has 0 heterocycles. The fraction of sp³-hybridized carbons (Fsp3) is 0.273. The highest BCUT2D eigenvalue weighted by Crippen LogP contribution is 2.20. The smallest absolute Gasteiger partial charge is 0.319 e. The van der Waals surface area contributed by atoms with Crippen LogP contribution in [-0.4, -0.2) is 23.1 Å². The molecule has 0 aliphatic heterocycles. The zero-order valence-corrected chi connectivity index (χ0v) is 10.6. The number of nitrogens with zero attached hydrogens (tertiary/aromatic N) is 1. The third-order valence-corrected chi connectivity index (χ3v) is 2.47. The highest BCUT2D eigenvalue weighted by atomic mass is 35.5. The van der Waals surface area contributed by atoms with E-state index in [1.807, 2.05) is 0 Å². The number of rotatable bonds is 4. The Labute approximate surface area is 110 Å². The summed E-state index contributed by atoms with van der Waals surface area (Å²) in [6, 6.07) is 6.24. The number of oxime groups is 1. The Bertz CT molecular complexity index is 450. The first-order valence-electron chi connectivity index (χ1n) is 5.31. The number of nitrogens with two attached hydrogens (primary N) is 1. The summed E-state index contributed by atoms with van der Waals surface area (Å²) in [5, 5.41) is 16.9. The second kappa shape index (κ2) is 6.70. The first-order chi connectivity index (χ1) is 8.52. The fourth-order valence-electron chi connectivity index (χ4n) is 1.35. The topological polar surface area (TPSA) is 99.7 Å². The monoisotopic (exact) mass is 270 g/mol. The van der Waals surface area contributed by atoms with Gasteiger partial charge >= 0.3 is 6.03 Å². The van der Waals surface area contributed by atoms with Gasteiger partial charge in [-0.15, -0.1) is 0 Å². The molecule has 0 fully saturated rings. The normalized spacial score (nSPS) is 12.9. The number of amides is 2. The van der Waals surface area contributed by atoms with Gasteiger partial charge in [0.15, 0.2) is 0 Å². The summed E-state index contributed by atoms with van der Waals surface area (Å²) in [4.78, 5) is 11.6. The van der Waals surface area contributed by atoms with E-state index < -0.39 is 6.03 Å². The molecular formula is C11H15ClN4O2. The Hall–Kier alpha value is -1.95. The molecule has 0 aliphatic rings. The summed E-state index contributed by atoms with van der Waals surface area (Å²) in [7, 11) is 0. The van der Waals surface area contributed by atoms with E-state index in [2.05, 4.69) is 15.8 Å². The Kier molecular flexibility index (Phi) is 5.26. The van der Waals surface area contributed by atoms with Crippen molar-refractivity contribution in [3.05, 3.63) is 29.3 Å². The Morgan fingerprint density at radius 1 is 1.56 bits per heavy atom. The summed E-state index contributed by atoms with van der Waals surface area (Å²) in [6.45, 7) is 1.74. The standard InChI is InChI=1S/C11H15ClN4O2/c1-7(6-10(13)16-18)14-11(17)15-9-5-3-2-4-8(9)12/h2-5,7,18H,6H2,1H3,(H2,13,16)(H2,14,15,17). The molecule has 1 unspecified atom stereocenters. The summed E-state index contributed by atoms with van der Waals surface area (Å²) in [6.07, 6.45) is 0.256. The number of para-hydroxylation sites is 1. The van der Waals surface area contributed by atoms with Gasteiger partial charge in [-0.05, 0) is 19.1 Å². The number of anilines is 1. The lowest BCUT2D eigenvalue weighted by Crippen LogP contribution is -2.38. The van der Waals surface area contributed by atoms with E-state index in [0.29, 0.717) is 10.7 Å². The number of nitrogens with one attached hydrogen (secondary N) is 2. The maximum Gasteiger partial charge on any atom is 0.319 e. The van der Waals surface area contributed by atoms with Crippen LogP contribution >= 0.6 is 11.6 Å². The number of benzene rings is 1. The number of halogens is 1. The molecule has 0 spiro atoms. The predicted molar refractivity (Wildman–Crippen MR) is 71.1 cm³/mol. The van der Waals surface area contributed by atoms with Crippen molar-refractivity contribution in [3.63, 3.8) is 0 Å². The van der Waals surface area contributed by atoms with Crippen molar-refractivity contribution < 1.29 is 10.0 Å². The number of urea groups is 1. The third kappa shape index (κ3) is 4.50. The molecule has 1 aromatic carbocycles. The molecule has 1 rings (SSSR count). The van der Waals surface area contributed by atoms with Crippen molar-refractivity contribution in [2.45, 2.75) is 19.4 Å². The summed E-state index contributed by atoms with van der Waals surface area (Å²) >= 11 is 5.90. The van der Waals surface area contributed by atoms with Gasteiger partial charge in [0.25, 0.3) is 0 Å². The zero-order valence-electron chi connectivity index (χ0n) is 9.85. The van der Waals surface area contributed by atoms with Gasteiger partial charge in [0.2, 0.25) is 0 Å². The van der Waals surface area contributed by atoms with Crippen molar-refractivity contribution in [1.29, 1.82) is 0 Å². The molecule has 0 aromatic heterocycles. The van der Waals surface area contributed by atoms with Crippen molar-refractivity contribution in [2.24, 2.45) is 10.9 Å². The van der Waals surface area contributed by atoms with Gasteiger partial charge in [0.05, 0.1) is 10.7 Å². The molecule has 0 saturated heterocycles. The second-order valence-electron chi connectivity index (χ2n) is 3.77. The van der Waals surface area contributed by atoms with Crippen LogP contribution in [0.5, 0.6) is 0 Å². The molecule has 2 amide bonds. The minimum Gasteiger partial charge on any atom is -0.409 e. The Morgan fingerprint density at radius 2 is 2.22 bits per heavy atom. The van der Waals surface area contributed by atoms with Crippen LogP contribution in [-0.2, 0) is 0 Å². The zero-order chi connectivity index (χ0) is 13.5. The summed E-state index contributed by atoms with van der Waals surface area (Å²) in [5.74, 6) is 0.0561. The van der Waals surface area contributed by atoms with Crippen molar-refractivity contribution in [3.8, 4) is 0 Å². The van der Waals surface area contributed by atoms with E-state index in [0.717, 1.165) is 0 Å². The minimum absolute atomic E-state index is 0.0561. The first-order valence-corrected chi connectivity index (χ1v) is 5.69. The van der Waals surface area contributed by atoms with E-state index in [1.165, 1.54) is 0 Å². The molecule has 18 heavy (non-hydrogen) atoms. The van der Waals surface area contributed by atoms with Gasteiger partial charge in [-0.25, -0.2) is 4.79 Å². The largest absolute Gasteiger partial charge is 0.409 e. The molecule has 98 valence electrons. The molecule has 6 nitrogen and oxygen atoms in total. The van der Waals surface area contributed by atoms with Crippen molar-refractivity contribution in [1.82, 2.24) is 5.32 Å². The molecule has 5 N–H and O–H groups in total. The van der Waals surface area contributed by atoms with Crippen LogP contribution in [0, 0.1) is 0 Å². The maximum atomic E-state index is 11.6. The summed E-state index contributed by atoms with van der Waals surface area (Å²) in [5.41, 5.74) is 5.85. The van der Waals surface area contributed by atoms with Crippen molar-refractivity contribution >= 4 is 29.2 Å². The van der Waals surface area contributed by atoms with E-state index in [9.17, 15) is 4.79 Å². The van der Waals surface area contributed by atoms with Crippen LogP contribution in [0.15, 0.2) is 29.4 Å². The lowest BCUT2D eigenvalue weighted by Gasteiger charge is -2.14. The van der Waals surface area contributed by atoms with Gasteiger partial charge in [0, 0.05) is 12.5 Å². The Balaban J connectivity index is 2.50. The first kappa shape index (κ1) is 14.1. The lowest BCUT2D eigenvalue weighted by molar-refractivity contribution is 0.249. The highest BCUT2D eigenvalue weighted by molar-refractivity contribution is 6.33. The number of hydrogen-bond donors (Lipinski definition) is 4. The van der Waals surface area contributed by atoms with Crippen molar-refractivity contribution in [2.75, 3.05) is 5.32 Å². The van der Waals surface area contributed by atoms with Crippen LogP contribution in [0.2, 0.25) is 5.02 Å².